The number of nitriles is 1. The summed E-state index contributed by atoms with van der Waals surface area (Å²) in [6, 6.07) is 14.1. The molecule has 1 nitrogen and oxygen atoms in total. The molecule has 1 heterocycles. The van der Waals surface area contributed by atoms with Crippen molar-refractivity contribution in [2.75, 3.05) is 0 Å². The first kappa shape index (κ1) is 9.70. The van der Waals surface area contributed by atoms with Crippen LogP contribution in [-0.2, 0) is 0 Å². The van der Waals surface area contributed by atoms with Gasteiger partial charge in [0, 0.05) is 5.56 Å². The lowest BCUT2D eigenvalue weighted by molar-refractivity contribution is 1.53. The third-order valence-electron chi connectivity index (χ3n) is 2.06. The van der Waals surface area contributed by atoms with Gasteiger partial charge in [-0.15, -0.1) is 0 Å². The fraction of sp³-hybridized carbons (Fsp3) is 0. The van der Waals surface area contributed by atoms with Gasteiger partial charge in [0.1, 0.15) is 0 Å². The molecule has 1 aromatic carbocycles. The van der Waals surface area contributed by atoms with E-state index in [1.165, 1.54) is 0 Å². The van der Waals surface area contributed by atoms with Crippen molar-refractivity contribution in [1.82, 2.24) is 0 Å². The highest BCUT2D eigenvalue weighted by molar-refractivity contribution is 7.08. The van der Waals surface area contributed by atoms with Gasteiger partial charge in [-0.3, -0.25) is 0 Å². The molecule has 72 valence electrons. The summed E-state index contributed by atoms with van der Waals surface area (Å²) < 4.78 is 0. The molecule has 2 aromatic rings. The zero-order chi connectivity index (χ0) is 10.5. The van der Waals surface area contributed by atoms with Crippen molar-refractivity contribution in [3.05, 3.63) is 58.3 Å². The summed E-state index contributed by atoms with van der Waals surface area (Å²) in [5.41, 5.74) is 2.76. The van der Waals surface area contributed by atoms with Crippen molar-refractivity contribution in [3.8, 4) is 6.07 Å². The lowest BCUT2D eigenvalue weighted by Crippen LogP contribution is -1.77. The minimum atomic E-state index is 0.711. The number of hydrogen-bond acceptors (Lipinski definition) is 2. The standard InChI is InChI=1S/C13H9NS/c14-9-13(12-6-7-15-10-12)8-11-4-2-1-3-5-11/h1-8,10H. The Labute approximate surface area is 92.9 Å². The smallest absolute Gasteiger partial charge is 0.0998 e. The van der Waals surface area contributed by atoms with Crippen molar-refractivity contribution in [3.63, 3.8) is 0 Å². The van der Waals surface area contributed by atoms with Crippen LogP contribution < -0.4 is 0 Å². The van der Waals surface area contributed by atoms with Gasteiger partial charge >= 0.3 is 0 Å². The molecule has 2 heteroatoms. The SMILES string of the molecule is N#CC(=Cc1ccccc1)c1ccsc1. The lowest BCUT2D eigenvalue weighted by Gasteiger charge is -1.95. The zero-order valence-electron chi connectivity index (χ0n) is 8.05. The molecule has 0 fully saturated rings. The quantitative estimate of drug-likeness (QED) is 0.693. The van der Waals surface area contributed by atoms with Crippen molar-refractivity contribution in [2.45, 2.75) is 0 Å². The van der Waals surface area contributed by atoms with E-state index in [2.05, 4.69) is 6.07 Å². The lowest BCUT2D eigenvalue weighted by atomic mass is 10.1. The van der Waals surface area contributed by atoms with Gasteiger partial charge in [0.25, 0.3) is 0 Å². The van der Waals surface area contributed by atoms with Crippen LogP contribution in [0.5, 0.6) is 0 Å². The van der Waals surface area contributed by atoms with Crippen LogP contribution in [0.4, 0.5) is 0 Å². The van der Waals surface area contributed by atoms with Crippen molar-refractivity contribution >= 4 is 23.0 Å². The molecule has 0 aliphatic carbocycles. The molecule has 2 rings (SSSR count). The Morgan fingerprint density at radius 1 is 1.20 bits per heavy atom. The number of rotatable bonds is 2. The van der Waals surface area contributed by atoms with Crippen LogP contribution in [-0.4, -0.2) is 0 Å². The number of allylic oxidation sites excluding steroid dienone is 1. The number of nitrogens with zero attached hydrogens (tertiary/aromatic N) is 1. The predicted molar refractivity (Wildman–Crippen MR) is 64.2 cm³/mol. The first-order valence-electron chi connectivity index (χ1n) is 4.59. The Bertz CT molecular complexity index is 489. The first-order chi connectivity index (χ1) is 7.40. The molecule has 1 aromatic heterocycles. The molecular formula is C13H9NS. The van der Waals surface area contributed by atoms with Gasteiger partial charge in [0.15, 0.2) is 0 Å². The second-order valence-corrected chi connectivity index (χ2v) is 3.87. The molecule has 0 aliphatic heterocycles. The summed E-state index contributed by atoms with van der Waals surface area (Å²) in [5.74, 6) is 0. The van der Waals surface area contributed by atoms with E-state index in [4.69, 9.17) is 5.26 Å². The van der Waals surface area contributed by atoms with E-state index in [0.29, 0.717) is 5.57 Å². The van der Waals surface area contributed by atoms with Gasteiger partial charge in [-0.05, 0) is 28.5 Å². The molecule has 0 radical (unpaired) electrons. The monoisotopic (exact) mass is 211 g/mol. The Kier molecular flexibility index (Phi) is 2.96. The second kappa shape index (κ2) is 4.59. The Morgan fingerprint density at radius 3 is 2.60 bits per heavy atom. The van der Waals surface area contributed by atoms with Gasteiger partial charge in [-0.2, -0.15) is 16.6 Å². The van der Waals surface area contributed by atoms with Crippen LogP contribution in [0.25, 0.3) is 11.6 Å². The molecule has 0 spiro atoms. The van der Waals surface area contributed by atoms with Crippen molar-refractivity contribution in [1.29, 1.82) is 5.26 Å². The van der Waals surface area contributed by atoms with E-state index in [1.807, 2.05) is 53.2 Å². The van der Waals surface area contributed by atoms with Crippen LogP contribution in [0.1, 0.15) is 11.1 Å². The van der Waals surface area contributed by atoms with E-state index in [-0.39, 0.29) is 0 Å². The van der Waals surface area contributed by atoms with Gasteiger partial charge in [0.2, 0.25) is 0 Å². The molecule has 0 saturated heterocycles. The third kappa shape index (κ3) is 2.34. The number of thiophene rings is 1. The van der Waals surface area contributed by atoms with Crippen LogP contribution in [0.3, 0.4) is 0 Å². The normalized spacial score (nSPS) is 11.0. The summed E-state index contributed by atoms with van der Waals surface area (Å²) in [5, 5.41) is 13.0. The van der Waals surface area contributed by atoms with Crippen LogP contribution in [0.15, 0.2) is 47.2 Å². The fourth-order valence-corrected chi connectivity index (χ4v) is 1.97. The summed E-state index contributed by atoms with van der Waals surface area (Å²) in [7, 11) is 0. The highest BCUT2D eigenvalue weighted by Gasteiger charge is 2.00. The third-order valence-corrected chi connectivity index (χ3v) is 2.75. The molecule has 0 unspecified atom stereocenters. The Balaban J connectivity index is 2.37. The average molecular weight is 211 g/mol. The van der Waals surface area contributed by atoms with Crippen LogP contribution in [0, 0.1) is 11.3 Å². The molecule has 0 bridgehead atoms. The summed E-state index contributed by atoms with van der Waals surface area (Å²) in [6.45, 7) is 0. The molecule has 0 atom stereocenters. The molecule has 0 amide bonds. The molecule has 0 aliphatic rings. The summed E-state index contributed by atoms with van der Waals surface area (Å²) in [4.78, 5) is 0. The summed E-state index contributed by atoms with van der Waals surface area (Å²) >= 11 is 1.60. The van der Waals surface area contributed by atoms with Gasteiger partial charge < -0.3 is 0 Å². The van der Waals surface area contributed by atoms with Crippen molar-refractivity contribution < 1.29 is 0 Å². The minimum absolute atomic E-state index is 0.711. The van der Waals surface area contributed by atoms with Crippen molar-refractivity contribution in [2.24, 2.45) is 0 Å². The molecular weight excluding hydrogens is 202 g/mol. The Morgan fingerprint density at radius 2 is 2.00 bits per heavy atom. The zero-order valence-corrected chi connectivity index (χ0v) is 8.87. The van der Waals surface area contributed by atoms with Crippen LogP contribution >= 0.6 is 11.3 Å². The second-order valence-electron chi connectivity index (χ2n) is 3.09. The van der Waals surface area contributed by atoms with Gasteiger partial charge in [0.05, 0.1) is 11.6 Å². The maximum Gasteiger partial charge on any atom is 0.0998 e. The maximum atomic E-state index is 9.05. The van der Waals surface area contributed by atoms with Crippen LogP contribution in [0.2, 0.25) is 0 Å². The molecule has 0 N–H and O–H groups in total. The van der Waals surface area contributed by atoms with E-state index in [1.54, 1.807) is 11.3 Å². The van der Waals surface area contributed by atoms with E-state index >= 15 is 0 Å². The topological polar surface area (TPSA) is 23.8 Å². The first-order valence-corrected chi connectivity index (χ1v) is 5.54. The minimum Gasteiger partial charge on any atom is -0.192 e. The largest absolute Gasteiger partial charge is 0.192 e. The Hall–Kier alpha value is -1.85. The maximum absolute atomic E-state index is 9.05. The van der Waals surface area contributed by atoms with Gasteiger partial charge in [-0.1, -0.05) is 30.3 Å². The average Bonchev–Trinajstić information content (AvgIpc) is 2.81. The fourth-order valence-electron chi connectivity index (χ4n) is 1.31. The van der Waals surface area contributed by atoms with E-state index < -0.39 is 0 Å². The number of benzene rings is 1. The number of hydrogen-bond donors (Lipinski definition) is 0. The molecule has 0 saturated carbocycles. The predicted octanol–water partition coefficient (Wildman–Crippen LogP) is 3.81. The van der Waals surface area contributed by atoms with E-state index in [9.17, 15) is 0 Å². The van der Waals surface area contributed by atoms with E-state index in [0.717, 1.165) is 11.1 Å². The summed E-state index contributed by atoms with van der Waals surface area (Å²) in [6.07, 6.45) is 1.90. The highest BCUT2D eigenvalue weighted by Crippen LogP contribution is 2.19. The molecule has 15 heavy (non-hydrogen) atoms. The van der Waals surface area contributed by atoms with Gasteiger partial charge in [-0.25, -0.2) is 0 Å². The highest BCUT2D eigenvalue weighted by atomic mass is 32.1.